The van der Waals surface area contributed by atoms with Crippen LogP contribution in [0.4, 0.5) is 4.39 Å². The maximum Gasteiger partial charge on any atom is 0.338 e. The van der Waals surface area contributed by atoms with Crippen molar-refractivity contribution in [2.75, 3.05) is 6.61 Å². The van der Waals surface area contributed by atoms with E-state index in [1.54, 1.807) is 56.3 Å². The van der Waals surface area contributed by atoms with Gasteiger partial charge in [-0.1, -0.05) is 59.3 Å². The summed E-state index contributed by atoms with van der Waals surface area (Å²) in [6.07, 6.45) is 1.49. The molecule has 8 heteroatoms. The molecule has 0 radical (unpaired) electrons. The van der Waals surface area contributed by atoms with E-state index in [4.69, 9.17) is 16.3 Å². The van der Waals surface area contributed by atoms with Crippen molar-refractivity contribution in [2.24, 2.45) is 4.99 Å². The average Bonchev–Trinajstić information content (AvgIpc) is 3.04. The van der Waals surface area contributed by atoms with E-state index in [2.05, 4.69) is 4.99 Å². The van der Waals surface area contributed by atoms with Crippen LogP contribution in [0.2, 0.25) is 5.02 Å². The van der Waals surface area contributed by atoms with Crippen molar-refractivity contribution in [3.05, 3.63) is 101 Å². The highest BCUT2D eigenvalue weighted by Crippen LogP contribution is 2.34. The van der Waals surface area contributed by atoms with Crippen LogP contribution in [0.3, 0.4) is 0 Å². The van der Waals surface area contributed by atoms with Crippen LogP contribution in [0.1, 0.15) is 31.0 Å². The number of aromatic nitrogens is 1. The zero-order valence-corrected chi connectivity index (χ0v) is 18.3. The smallest absolute Gasteiger partial charge is 0.338 e. The van der Waals surface area contributed by atoms with Crippen LogP contribution >= 0.6 is 22.9 Å². The summed E-state index contributed by atoms with van der Waals surface area (Å²) in [5.74, 6) is -0.989. The summed E-state index contributed by atoms with van der Waals surface area (Å²) < 4.78 is 21.1. The van der Waals surface area contributed by atoms with E-state index in [-0.39, 0.29) is 17.7 Å². The molecule has 158 valence electrons. The maximum absolute atomic E-state index is 14.2. The molecule has 0 saturated carbocycles. The number of carbonyl (C=O) groups excluding carboxylic acids is 1. The Bertz CT molecular complexity index is 1390. The van der Waals surface area contributed by atoms with Crippen molar-refractivity contribution in [3.63, 3.8) is 0 Å². The van der Waals surface area contributed by atoms with Crippen LogP contribution in [-0.2, 0) is 9.53 Å². The number of fused-ring (bicyclic) bond motifs is 1. The normalized spacial score (nSPS) is 16.1. The Balaban J connectivity index is 2.00. The number of allylic oxidation sites excluding steroid dienone is 1. The number of nitrogens with zero attached hydrogens (tertiary/aromatic N) is 2. The van der Waals surface area contributed by atoms with E-state index >= 15 is 0 Å². The number of esters is 1. The minimum Gasteiger partial charge on any atom is -0.463 e. The summed E-state index contributed by atoms with van der Waals surface area (Å²) in [5.41, 5.74) is 1.19. The quantitative estimate of drug-likeness (QED) is 0.564. The van der Waals surface area contributed by atoms with Gasteiger partial charge in [0.15, 0.2) is 4.80 Å². The molecular weight excluding hydrogens is 439 g/mol. The fraction of sp³-hybridized carbons (Fsp3) is 0.174. The highest BCUT2D eigenvalue weighted by molar-refractivity contribution is 7.07. The van der Waals surface area contributed by atoms with Gasteiger partial charge in [0.2, 0.25) is 0 Å². The molecule has 0 amide bonds. The molecule has 4 rings (SSSR count). The number of benzene rings is 2. The number of thiazole rings is 1. The third kappa shape index (κ3) is 3.86. The number of ether oxygens (including phenoxy) is 1. The maximum atomic E-state index is 14.2. The standard InChI is InChI=1S/C23H18ClFN2O3S/c1-3-30-22(29)19-13(2)26-23-27(20(19)15-9-5-6-10-16(15)24)21(28)18(31-23)12-14-8-4-7-11-17(14)25/h4-12,20H,3H2,1-2H3/b18-12-. The molecule has 0 bridgehead atoms. The summed E-state index contributed by atoms with van der Waals surface area (Å²) in [6, 6.07) is 12.4. The van der Waals surface area contributed by atoms with Gasteiger partial charge in [0, 0.05) is 10.6 Å². The minimum atomic E-state index is -0.799. The second-order valence-electron chi connectivity index (χ2n) is 6.85. The van der Waals surface area contributed by atoms with Gasteiger partial charge in [0.1, 0.15) is 11.9 Å². The van der Waals surface area contributed by atoms with Crippen LogP contribution in [-0.4, -0.2) is 17.1 Å². The van der Waals surface area contributed by atoms with E-state index < -0.39 is 17.8 Å². The second-order valence-corrected chi connectivity index (χ2v) is 8.26. The van der Waals surface area contributed by atoms with E-state index in [0.29, 0.717) is 31.2 Å². The van der Waals surface area contributed by atoms with Crippen LogP contribution < -0.4 is 14.9 Å². The largest absolute Gasteiger partial charge is 0.463 e. The summed E-state index contributed by atoms with van der Waals surface area (Å²) in [5, 5.41) is 0.410. The molecule has 2 heterocycles. The first-order valence-corrected chi connectivity index (χ1v) is 10.8. The summed E-state index contributed by atoms with van der Waals surface area (Å²) in [7, 11) is 0. The molecule has 1 aromatic heterocycles. The Morgan fingerprint density at radius 3 is 2.68 bits per heavy atom. The molecule has 1 unspecified atom stereocenters. The average molecular weight is 457 g/mol. The fourth-order valence-corrected chi connectivity index (χ4v) is 4.79. The zero-order valence-electron chi connectivity index (χ0n) is 16.8. The van der Waals surface area contributed by atoms with E-state index in [9.17, 15) is 14.0 Å². The number of hydrogen-bond acceptors (Lipinski definition) is 5. The Morgan fingerprint density at radius 2 is 1.97 bits per heavy atom. The second kappa shape index (κ2) is 8.61. The molecule has 1 aliphatic rings. The van der Waals surface area contributed by atoms with Gasteiger partial charge in [-0.3, -0.25) is 9.36 Å². The van der Waals surface area contributed by atoms with Gasteiger partial charge >= 0.3 is 5.97 Å². The fourth-order valence-electron chi connectivity index (χ4n) is 3.52. The first-order valence-electron chi connectivity index (χ1n) is 9.61. The van der Waals surface area contributed by atoms with Crippen molar-refractivity contribution in [1.82, 2.24) is 4.57 Å². The van der Waals surface area contributed by atoms with Crippen molar-refractivity contribution in [1.29, 1.82) is 0 Å². The lowest BCUT2D eigenvalue weighted by molar-refractivity contribution is -0.139. The molecule has 31 heavy (non-hydrogen) atoms. The van der Waals surface area contributed by atoms with Crippen LogP contribution in [0.5, 0.6) is 0 Å². The topological polar surface area (TPSA) is 60.7 Å². The van der Waals surface area contributed by atoms with E-state index in [1.165, 1.54) is 16.7 Å². The molecule has 0 spiro atoms. The lowest BCUT2D eigenvalue weighted by atomic mass is 9.96. The monoisotopic (exact) mass is 456 g/mol. The van der Waals surface area contributed by atoms with Crippen molar-refractivity contribution in [2.45, 2.75) is 19.9 Å². The predicted molar refractivity (Wildman–Crippen MR) is 118 cm³/mol. The highest BCUT2D eigenvalue weighted by Gasteiger charge is 2.34. The molecule has 1 atom stereocenters. The summed E-state index contributed by atoms with van der Waals surface area (Å²) in [4.78, 5) is 31.1. The lowest BCUT2D eigenvalue weighted by Crippen LogP contribution is -2.40. The number of hydrogen-bond donors (Lipinski definition) is 0. The summed E-state index contributed by atoms with van der Waals surface area (Å²) >= 11 is 7.59. The van der Waals surface area contributed by atoms with E-state index in [1.807, 2.05) is 0 Å². The zero-order chi connectivity index (χ0) is 22.1. The van der Waals surface area contributed by atoms with Crippen LogP contribution in [0, 0.1) is 5.82 Å². The number of halogens is 2. The molecule has 2 aromatic carbocycles. The third-order valence-electron chi connectivity index (χ3n) is 4.91. The first kappa shape index (κ1) is 21.2. The minimum absolute atomic E-state index is 0.183. The van der Waals surface area contributed by atoms with E-state index in [0.717, 1.165) is 11.3 Å². The molecule has 0 N–H and O–H groups in total. The SMILES string of the molecule is CCOC(=O)C1=C(C)N=c2s/c(=C\c3ccccc3F)c(=O)n2C1c1ccccc1Cl. The van der Waals surface area contributed by atoms with Crippen LogP contribution in [0.25, 0.3) is 6.08 Å². The van der Waals surface area contributed by atoms with Gasteiger partial charge in [-0.05, 0) is 37.6 Å². The Morgan fingerprint density at radius 1 is 1.26 bits per heavy atom. The Hall–Kier alpha value is -3.03. The lowest BCUT2D eigenvalue weighted by Gasteiger charge is -2.25. The van der Waals surface area contributed by atoms with Crippen molar-refractivity contribution >= 4 is 35.0 Å². The molecule has 1 aliphatic heterocycles. The van der Waals surface area contributed by atoms with Crippen LogP contribution in [0.15, 0.2) is 69.6 Å². The molecule has 0 aliphatic carbocycles. The Labute approximate surface area is 186 Å². The van der Waals surface area contributed by atoms with Crippen molar-refractivity contribution in [3.8, 4) is 0 Å². The predicted octanol–water partition coefficient (Wildman–Crippen LogP) is 3.59. The molecule has 5 nitrogen and oxygen atoms in total. The molecular formula is C23H18ClFN2O3S. The van der Waals surface area contributed by atoms with Gasteiger partial charge < -0.3 is 4.74 Å². The molecule has 3 aromatic rings. The molecule has 0 fully saturated rings. The van der Waals surface area contributed by atoms with Gasteiger partial charge in [-0.2, -0.15) is 0 Å². The molecule has 0 saturated heterocycles. The third-order valence-corrected chi connectivity index (χ3v) is 6.24. The number of rotatable bonds is 4. The van der Waals surface area contributed by atoms with Crippen molar-refractivity contribution < 1.29 is 13.9 Å². The summed E-state index contributed by atoms with van der Waals surface area (Å²) in [6.45, 7) is 3.59. The Kier molecular flexibility index (Phi) is 5.89. The van der Waals surface area contributed by atoms with Gasteiger partial charge in [0.05, 0.1) is 22.4 Å². The first-order chi connectivity index (χ1) is 14.9. The van der Waals surface area contributed by atoms with Gasteiger partial charge in [0.25, 0.3) is 5.56 Å². The highest BCUT2D eigenvalue weighted by atomic mass is 35.5. The van der Waals surface area contributed by atoms with Gasteiger partial charge in [-0.25, -0.2) is 14.2 Å². The number of carbonyl (C=O) groups is 1. The van der Waals surface area contributed by atoms with Gasteiger partial charge in [-0.15, -0.1) is 0 Å².